The summed E-state index contributed by atoms with van der Waals surface area (Å²) in [6, 6.07) is 11.2. The third-order valence-corrected chi connectivity index (χ3v) is 6.42. The Labute approximate surface area is 188 Å². The first kappa shape index (κ1) is 19.7. The van der Waals surface area contributed by atoms with Gasteiger partial charge < -0.3 is 13.9 Å². The number of aryl methyl sites for hydroxylation is 1. The number of ether oxygens (including phenoxy) is 2. The van der Waals surface area contributed by atoms with Crippen molar-refractivity contribution in [3.63, 3.8) is 0 Å². The highest BCUT2D eigenvalue weighted by Crippen LogP contribution is 2.33. The lowest BCUT2D eigenvalue weighted by atomic mass is 10.2. The van der Waals surface area contributed by atoms with Crippen LogP contribution in [0.3, 0.4) is 0 Å². The minimum absolute atomic E-state index is 0.285. The third-order valence-electron chi connectivity index (χ3n) is 4.71. The monoisotopic (exact) mass is 498 g/mol. The van der Waals surface area contributed by atoms with Crippen molar-refractivity contribution in [2.45, 2.75) is 13.5 Å². The minimum atomic E-state index is -0.389. The van der Waals surface area contributed by atoms with E-state index in [2.05, 4.69) is 31.0 Å². The number of thiophene rings is 1. The van der Waals surface area contributed by atoms with E-state index >= 15 is 0 Å². The molecule has 0 bridgehead atoms. The van der Waals surface area contributed by atoms with Gasteiger partial charge in [-0.25, -0.2) is 19.3 Å². The lowest BCUT2D eigenvalue weighted by molar-refractivity contribution is 0.0605. The molecule has 5 rings (SSSR count). The van der Waals surface area contributed by atoms with Crippen LogP contribution in [0.25, 0.3) is 27.4 Å². The van der Waals surface area contributed by atoms with Crippen LogP contribution < -0.4 is 4.74 Å². The molecule has 0 N–H and O–H groups in total. The molecular formula is C21H15BrN4O4S. The Balaban J connectivity index is 1.45. The number of esters is 1. The molecular weight excluding hydrogens is 484 g/mol. The number of fused-ring (bicyclic) bond motifs is 3. The number of furan rings is 1. The van der Waals surface area contributed by atoms with Gasteiger partial charge in [0.1, 0.15) is 34.2 Å². The third kappa shape index (κ3) is 3.57. The summed E-state index contributed by atoms with van der Waals surface area (Å²) < 4.78 is 19.1. The minimum Gasteiger partial charge on any atom is -0.486 e. The van der Waals surface area contributed by atoms with E-state index in [0.717, 1.165) is 21.2 Å². The summed E-state index contributed by atoms with van der Waals surface area (Å²) in [7, 11) is 1.36. The van der Waals surface area contributed by atoms with Gasteiger partial charge in [0.25, 0.3) is 0 Å². The number of benzene rings is 1. The van der Waals surface area contributed by atoms with Gasteiger partial charge in [-0.15, -0.1) is 16.4 Å². The summed E-state index contributed by atoms with van der Waals surface area (Å²) in [5.74, 6) is 1.95. The Morgan fingerprint density at radius 2 is 2.03 bits per heavy atom. The molecule has 5 aromatic rings. The van der Waals surface area contributed by atoms with Gasteiger partial charge in [-0.05, 0) is 48.9 Å². The number of hydrogen-bond acceptors (Lipinski definition) is 8. The van der Waals surface area contributed by atoms with E-state index in [-0.39, 0.29) is 12.6 Å². The smallest absolute Gasteiger partial charge is 0.348 e. The van der Waals surface area contributed by atoms with Crippen molar-refractivity contribution in [1.29, 1.82) is 0 Å². The molecule has 0 saturated carbocycles. The fourth-order valence-corrected chi connectivity index (χ4v) is 4.51. The van der Waals surface area contributed by atoms with Crippen molar-refractivity contribution in [3.05, 3.63) is 63.4 Å². The Morgan fingerprint density at radius 1 is 1.23 bits per heavy atom. The van der Waals surface area contributed by atoms with Crippen LogP contribution in [0.5, 0.6) is 5.75 Å². The first-order valence-corrected chi connectivity index (χ1v) is 10.8. The fourth-order valence-electron chi connectivity index (χ4n) is 3.19. The van der Waals surface area contributed by atoms with E-state index in [0.29, 0.717) is 32.7 Å². The summed E-state index contributed by atoms with van der Waals surface area (Å²) in [5.41, 5.74) is 1.37. The van der Waals surface area contributed by atoms with Gasteiger partial charge in [-0.1, -0.05) is 15.9 Å². The Morgan fingerprint density at radius 3 is 2.81 bits per heavy atom. The van der Waals surface area contributed by atoms with Gasteiger partial charge in [-0.2, -0.15) is 0 Å². The highest BCUT2D eigenvalue weighted by molar-refractivity contribution is 9.10. The predicted molar refractivity (Wildman–Crippen MR) is 118 cm³/mol. The van der Waals surface area contributed by atoms with Crippen LogP contribution in [-0.2, 0) is 11.3 Å². The lowest BCUT2D eigenvalue weighted by Crippen LogP contribution is -1.99. The first-order valence-electron chi connectivity index (χ1n) is 9.23. The Hall–Kier alpha value is -3.24. The van der Waals surface area contributed by atoms with Gasteiger partial charge in [0.2, 0.25) is 5.82 Å². The van der Waals surface area contributed by atoms with Crippen LogP contribution in [0.15, 0.2) is 51.6 Å². The zero-order valence-corrected chi connectivity index (χ0v) is 18.9. The van der Waals surface area contributed by atoms with Crippen LogP contribution >= 0.6 is 27.3 Å². The quantitative estimate of drug-likeness (QED) is 0.313. The SMILES string of the molecule is COC(=O)c1sc2ncn3nc(-c4ccc(COc5ccc(Br)cc5)o4)nc3c2c1C. The molecule has 0 amide bonds. The Bertz CT molecular complexity index is 1420. The maximum Gasteiger partial charge on any atom is 0.348 e. The number of methoxy groups -OCH3 is 1. The van der Waals surface area contributed by atoms with Crippen molar-refractivity contribution in [2.75, 3.05) is 7.11 Å². The predicted octanol–water partition coefficient (Wildman–Crippen LogP) is 5.04. The lowest BCUT2D eigenvalue weighted by Gasteiger charge is -2.03. The maximum atomic E-state index is 12.0. The highest BCUT2D eigenvalue weighted by Gasteiger charge is 2.21. The molecule has 4 aromatic heterocycles. The molecule has 1 aromatic carbocycles. The molecule has 0 fully saturated rings. The molecule has 31 heavy (non-hydrogen) atoms. The molecule has 10 heteroatoms. The fraction of sp³-hybridized carbons (Fsp3) is 0.143. The van der Waals surface area contributed by atoms with Gasteiger partial charge >= 0.3 is 5.97 Å². The van der Waals surface area contributed by atoms with Crippen molar-refractivity contribution >= 4 is 49.1 Å². The number of hydrogen-bond donors (Lipinski definition) is 0. The second-order valence-electron chi connectivity index (χ2n) is 6.68. The van der Waals surface area contributed by atoms with E-state index in [1.807, 2.05) is 37.3 Å². The zero-order chi connectivity index (χ0) is 21.5. The molecule has 0 aliphatic carbocycles. The van der Waals surface area contributed by atoms with E-state index in [9.17, 15) is 4.79 Å². The summed E-state index contributed by atoms with van der Waals surface area (Å²) in [5, 5.41) is 5.26. The molecule has 8 nitrogen and oxygen atoms in total. The summed E-state index contributed by atoms with van der Waals surface area (Å²) in [6.45, 7) is 2.14. The molecule has 0 atom stereocenters. The average molecular weight is 499 g/mol. The second-order valence-corrected chi connectivity index (χ2v) is 8.60. The molecule has 0 aliphatic heterocycles. The van der Waals surface area contributed by atoms with Crippen LogP contribution in [0.1, 0.15) is 21.0 Å². The second kappa shape index (κ2) is 7.78. The van der Waals surface area contributed by atoms with Crippen LogP contribution in [-0.4, -0.2) is 32.7 Å². The number of carbonyl (C=O) groups excluding carboxylic acids is 1. The molecule has 0 saturated heterocycles. The van der Waals surface area contributed by atoms with E-state index in [1.165, 1.54) is 18.4 Å². The number of aromatic nitrogens is 4. The standard InChI is InChI=1S/C21H15BrN4O4S/c1-11-16-19-24-18(25-26(19)10-23-20(16)31-17(11)21(27)28-2)15-8-7-14(30-15)9-29-13-5-3-12(22)4-6-13/h3-8,10H,9H2,1-2H3. The largest absolute Gasteiger partial charge is 0.486 e. The van der Waals surface area contributed by atoms with Gasteiger partial charge in [0, 0.05) is 4.47 Å². The molecule has 4 heterocycles. The summed E-state index contributed by atoms with van der Waals surface area (Å²) >= 11 is 4.68. The summed E-state index contributed by atoms with van der Waals surface area (Å²) in [4.78, 5) is 22.3. The van der Waals surface area contributed by atoms with Crippen molar-refractivity contribution in [3.8, 4) is 17.3 Å². The van der Waals surface area contributed by atoms with Crippen LogP contribution in [0.4, 0.5) is 0 Å². The first-order chi connectivity index (χ1) is 15.0. The summed E-state index contributed by atoms with van der Waals surface area (Å²) in [6.07, 6.45) is 1.58. The van der Waals surface area contributed by atoms with Crippen LogP contribution in [0.2, 0.25) is 0 Å². The van der Waals surface area contributed by atoms with Crippen molar-refractivity contribution in [2.24, 2.45) is 0 Å². The number of carbonyl (C=O) groups is 1. The molecule has 0 radical (unpaired) electrons. The number of halogens is 1. The molecule has 0 unspecified atom stereocenters. The van der Waals surface area contributed by atoms with E-state index in [4.69, 9.17) is 13.9 Å². The van der Waals surface area contributed by atoms with Crippen LogP contribution in [0, 0.1) is 6.92 Å². The normalized spacial score (nSPS) is 11.3. The van der Waals surface area contributed by atoms with E-state index < -0.39 is 0 Å². The van der Waals surface area contributed by atoms with Crippen molar-refractivity contribution in [1.82, 2.24) is 19.6 Å². The van der Waals surface area contributed by atoms with Gasteiger partial charge in [0.05, 0.1) is 12.5 Å². The molecule has 0 spiro atoms. The highest BCUT2D eigenvalue weighted by atomic mass is 79.9. The van der Waals surface area contributed by atoms with Gasteiger partial charge in [0.15, 0.2) is 11.4 Å². The average Bonchev–Trinajstić information content (AvgIpc) is 3.49. The molecule has 0 aliphatic rings. The number of nitrogens with zero attached hydrogens (tertiary/aromatic N) is 4. The number of rotatable bonds is 5. The van der Waals surface area contributed by atoms with Crippen molar-refractivity contribution < 1.29 is 18.7 Å². The maximum absolute atomic E-state index is 12.0. The topological polar surface area (TPSA) is 91.8 Å². The Kier molecular flexibility index (Phi) is 4.95. The van der Waals surface area contributed by atoms with E-state index in [1.54, 1.807) is 16.9 Å². The zero-order valence-electron chi connectivity index (χ0n) is 16.5. The molecule has 156 valence electrons. The van der Waals surface area contributed by atoms with Gasteiger partial charge in [-0.3, -0.25) is 0 Å².